The summed E-state index contributed by atoms with van der Waals surface area (Å²) in [7, 11) is 1.70. The summed E-state index contributed by atoms with van der Waals surface area (Å²) in [5.74, 6) is 1.48. The first-order chi connectivity index (χ1) is 11.1. The Hall–Kier alpha value is -2.06. The van der Waals surface area contributed by atoms with Gasteiger partial charge in [0, 0.05) is 12.6 Å². The minimum atomic E-state index is 0.290. The lowest BCUT2D eigenvalue weighted by molar-refractivity contribution is 0.413. The SMILES string of the molecule is COc1cccc([C@@H](C)NC/C=C/c2ccc(C(C)C)cc2)c1. The average Bonchev–Trinajstić information content (AvgIpc) is 2.59. The largest absolute Gasteiger partial charge is 0.497 e. The maximum atomic E-state index is 5.27. The molecule has 2 heteroatoms. The predicted molar refractivity (Wildman–Crippen MR) is 99.0 cm³/mol. The minimum absolute atomic E-state index is 0.290. The second-order valence-corrected chi connectivity index (χ2v) is 6.13. The van der Waals surface area contributed by atoms with E-state index >= 15 is 0 Å². The Morgan fingerprint density at radius 3 is 2.39 bits per heavy atom. The molecule has 0 amide bonds. The molecule has 2 nitrogen and oxygen atoms in total. The van der Waals surface area contributed by atoms with Gasteiger partial charge in [0.2, 0.25) is 0 Å². The van der Waals surface area contributed by atoms with E-state index in [0.717, 1.165) is 12.3 Å². The van der Waals surface area contributed by atoms with Crippen LogP contribution in [0.2, 0.25) is 0 Å². The van der Waals surface area contributed by atoms with Crippen molar-refractivity contribution in [3.63, 3.8) is 0 Å². The summed E-state index contributed by atoms with van der Waals surface area (Å²) in [6.45, 7) is 7.44. The molecule has 0 aliphatic heterocycles. The average molecular weight is 309 g/mol. The Morgan fingerprint density at radius 2 is 1.74 bits per heavy atom. The summed E-state index contributed by atoms with van der Waals surface area (Å²) in [4.78, 5) is 0. The fourth-order valence-corrected chi connectivity index (χ4v) is 2.46. The van der Waals surface area contributed by atoms with Gasteiger partial charge in [-0.05, 0) is 41.7 Å². The standard InChI is InChI=1S/C21H27NO/c1-16(2)19-12-10-18(11-13-19)7-6-14-22-17(3)20-8-5-9-21(15-20)23-4/h5-13,15-17,22H,14H2,1-4H3/b7-6+/t17-/m1/s1. The van der Waals surface area contributed by atoms with Crippen LogP contribution < -0.4 is 10.1 Å². The lowest BCUT2D eigenvalue weighted by Crippen LogP contribution is -2.18. The number of hydrogen-bond acceptors (Lipinski definition) is 2. The van der Waals surface area contributed by atoms with Crippen LogP contribution in [0.1, 0.15) is 49.4 Å². The highest BCUT2D eigenvalue weighted by atomic mass is 16.5. The third-order valence-corrected chi connectivity index (χ3v) is 4.05. The summed E-state index contributed by atoms with van der Waals surface area (Å²) in [6.07, 6.45) is 4.33. The van der Waals surface area contributed by atoms with E-state index in [1.54, 1.807) is 7.11 Å². The molecule has 0 saturated heterocycles. The zero-order valence-electron chi connectivity index (χ0n) is 14.5. The highest BCUT2D eigenvalue weighted by molar-refractivity contribution is 5.50. The molecular weight excluding hydrogens is 282 g/mol. The molecule has 0 bridgehead atoms. The number of ether oxygens (including phenoxy) is 1. The van der Waals surface area contributed by atoms with Gasteiger partial charge in [0.25, 0.3) is 0 Å². The van der Waals surface area contributed by atoms with Crippen LogP contribution >= 0.6 is 0 Å². The van der Waals surface area contributed by atoms with E-state index in [1.165, 1.54) is 16.7 Å². The van der Waals surface area contributed by atoms with Crippen LogP contribution in [0.3, 0.4) is 0 Å². The van der Waals surface area contributed by atoms with E-state index in [4.69, 9.17) is 4.74 Å². The van der Waals surface area contributed by atoms with Gasteiger partial charge in [-0.2, -0.15) is 0 Å². The Morgan fingerprint density at radius 1 is 1.00 bits per heavy atom. The molecule has 0 radical (unpaired) electrons. The first-order valence-corrected chi connectivity index (χ1v) is 8.24. The van der Waals surface area contributed by atoms with E-state index in [-0.39, 0.29) is 6.04 Å². The molecule has 122 valence electrons. The van der Waals surface area contributed by atoms with Gasteiger partial charge in [-0.25, -0.2) is 0 Å². The summed E-state index contributed by atoms with van der Waals surface area (Å²) in [5.41, 5.74) is 3.86. The van der Waals surface area contributed by atoms with Crippen molar-refractivity contribution in [3.8, 4) is 5.75 Å². The topological polar surface area (TPSA) is 21.3 Å². The Kier molecular flexibility index (Phi) is 6.42. The fourth-order valence-electron chi connectivity index (χ4n) is 2.46. The monoisotopic (exact) mass is 309 g/mol. The van der Waals surface area contributed by atoms with Gasteiger partial charge in [0.1, 0.15) is 5.75 Å². The molecule has 0 aliphatic rings. The normalized spacial score (nSPS) is 12.7. The van der Waals surface area contributed by atoms with Crippen LogP contribution in [-0.4, -0.2) is 13.7 Å². The fraction of sp³-hybridized carbons (Fsp3) is 0.333. The summed E-state index contributed by atoms with van der Waals surface area (Å²) in [5, 5.41) is 3.51. The summed E-state index contributed by atoms with van der Waals surface area (Å²) >= 11 is 0. The second-order valence-electron chi connectivity index (χ2n) is 6.13. The smallest absolute Gasteiger partial charge is 0.119 e. The van der Waals surface area contributed by atoms with Gasteiger partial charge < -0.3 is 10.1 Å². The van der Waals surface area contributed by atoms with Gasteiger partial charge in [-0.1, -0.05) is 62.4 Å². The van der Waals surface area contributed by atoms with Crippen LogP contribution in [-0.2, 0) is 0 Å². The summed E-state index contributed by atoms with van der Waals surface area (Å²) in [6, 6.07) is 17.2. The molecule has 1 atom stereocenters. The van der Waals surface area contributed by atoms with Gasteiger partial charge in [-0.15, -0.1) is 0 Å². The summed E-state index contributed by atoms with van der Waals surface area (Å²) < 4.78 is 5.27. The van der Waals surface area contributed by atoms with Crippen LogP contribution in [0.15, 0.2) is 54.6 Å². The van der Waals surface area contributed by atoms with Crippen molar-refractivity contribution in [2.45, 2.75) is 32.7 Å². The molecule has 2 aromatic carbocycles. The molecule has 0 fully saturated rings. The maximum Gasteiger partial charge on any atom is 0.119 e. The molecule has 0 unspecified atom stereocenters. The maximum absolute atomic E-state index is 5.27. The third kappa shape index (κ3) is 5.26. The van der Waals surface area contributed by atoms with Gasteiger partial charge in [0.15, 0.2) is 0 Å². The van der Waals surface area contributed by atoms with E-state index in [0.29, 0.717) is 5.92 Å². The first-order valence-electron chi connectivity index (χ1n) is 8.24. The number of rotatable bonds is 7. The Balaban J connectivity index is 1.85. The molecule has 2 rings (SSSR count). The Bertz CT molecular complexity index is 629. The second kappa shape index (κ2) is 8.54. The Labute approximate surface area is 140 Å². The molecule has 23 heavy (non-hydrogen) atoms. The van der Waals surface area contributed by atoms with Crippen molar-refractivity contribution >= 4 is 6.08 Å². The zero-order chi connectivity index (χ0) is 16.7. The predicted octanol–water partition coefficient (Wildman–Crippen LogP) is 5.18. The van der Waals surface area contributed by atoms with E-state index < -0.39 is 0 Å². The van der Waals surface area contributed by atoms with Crippen LogP contribution in [0.4, 0.5) is 0 Å². The quantitative estimate of drug-likeness (QED) is 0.760. The number of nitrogens with one attached hydrogen (secondary N) is 1. The van der Waals surface area contributed by atoms with Crippen LogP contribution in [0.5, 0.6) is 5.75 Å². The van der Waals surface area contributed by atoms with Crippen molar-refractivity contribution in [3.05, 3.63) is 71.3 Å². The minimum Gasteiger partial charge on any atom is -0.497 e. The third-order valence-electron chi connectivity index (χ3n) is 4.05. The van der Waals surface area contributed by atoms with E-state index in [1.807, 2.05) is 12.1 Å². The number of hydrogen-bond donors (Lipinski definition) is 1. The highest BCUT2D eigenvalue weighted by Crippen LogP contribution is 2.18. The van der Waals surface area contributed by atoms with Gasteiger partial charge >= 0.3 is 0 Å². The van der Waals surface area contributed by atoms with Crippen molar-refractivity contribution in [1.29, 1.82) is 0 Å². The molecule has 2 aromatic rings. The van der Waals surface area contributed by atoms with Gasteiger partial charge in [0.05, 0.1) is 7.11 Å². The van der Waals surface area contributed by atoms with Crippen molar-refractivity contribution < 1.29 is 4.74 Å². The zero-order valence-corrected chi connectivity index (χ0v) is 14.5. The van der Waals surface area contributed by atoms with Crippen LogP contribution in [0, 0.1) is 0 Å². The molecule has 0 aliphatic carbocycles. The molecule has 0 heterocycles. The van der Waals surface area contributed by atoms with Crippen LogP contribution in [0.25, 0.3) is 6.08 Å². The number of methoxy groups -OCH3 is 1. The first kappa shape index (κ1) is 17.3. The molecule has 1 N–H and O–H groups in total. The molecule has 0 aromatic heterocycles. The molecular formula is C21H27NO. The van der Waals surface area contributed by atoms with Crippen molar-refractivity contribution in [1.82, 2.24) is 5.32 Å². The number of benzene rings is 2. The van der Waals surface area contributed by atoms with Crippen molar-refractivity contribution in [2.75, 3.05) is 13.7 Å². The molecule has 0 saturated carbocycles. The lowest BCUT2D eigenvalue weighted by Gasteiger charge is -2.13. The lowest BCUT2D eigenvalue weighted by atomic mass is 10.0. The van der Waals surface area contributed by atoms with E-state index in [9.17, 15) is 0 Å². The highest BCUT2D eigenvalue weighted by Gasteiger charge is 2.04. The molecule has 0 spiro atoms. The van der Waals surface area contributed by atoms with Gasteiger partial charge in [-0.3, -0.25) is 0 Å². The van der Waals surface area contributed by atoms with Crippen molar-refractivity contribution in [2.24, 2.45) is 0 Å². The van der Waals surface area contributed by atoms with E-state index in [2.05, 4.69) is 74.6 Å².